The quantitative estimate of drug-likeness (QED) is 0.829. The van der Waals surface area contributed by atoms with Crippen LogP contribution in [0.3, 0.4) is 0 Å². The lowest BCUT2D eigenvalue weighted by Crippen LogP contribution is -2.38. The van der Waals surface area contributed by atoms with Crippen LogP contribution in [0, 0.1) is 11.3 Å². The monoisotopic (exact) mass is 286 g/mol. The van der Waals surface area contributed by atoms with Crippen molar-refractivity contribution in [1.82, 2.24) is 10.2 Å². The molecule has 1 aliphatic carbocycles. The van der Waals surface area contributed by atoms with Crippen molar-refractivity contribution in [2.75, 3.05) is 11.4 Å². The Labute approximate surface area is 128 Å². The topological polar surface area (TPSA) is 52.8 Å². The Kier molecular flexibility index (Phi) is 5.55. The Balaban J connectivity index is 2.43. The zero-order chi connectivity index (χ0) is 15.2. The first-order chi connectivity index (χ1) is 10.3. The Morgan fingerprint density at radius 1 is 1.10 bits per heavy atom. The Morgan fingerprint density at radius 3 is 2.33 bits per heavy atom. The molecule has 0 spiro atoms. The van der Waals surface area contributed by atoms with Gasteiger partial charge in [-0.25, -0.2) is 0 Å². The van der Waals surface area contributed by atoms with Gasteiger partial charge in [0.1, 0.15) is 11.6 Å². The predicted molar refractivity (Wildman–Crippen MR) is 85.4 cm³/mol. The summed E-state index contributed by atoms with van der Waals surface area (Å²) in [6.45, 7) is 7.21. The van der Waals surface area contributed by atoms with E-state index in [1.807, 2.05) is 0 Å². The van der Waals surface area contributed by atoms with Crippen LogP contribution in [0.15, 0.2) is 0 Å². The standard InChI is InChI=1S/C17H26N4/c1-4-14-15(12-18)17(20-19-16(14)5-2)21(6-3)13-10-8-7-9-11-13/h13H,4-11H2,1-3H3. The molecule has 0 aliphatic heterocycles. The molecule has 4 nitrogen and oxygen atoms in total. The summed E-state index contributed by atoms with van der Waals surface area (Å²) in [5.74, 6) is 0.806. The molecular formula is C17H26N4. The fraction of sp³-hybridized carbons (Fsp3) is 0.706. The normalized spacial score (nSPS) is 15.7. The SMILES string of the molecule is CCc1nnc(N(CC)C2CCCCC2)c(C#N)c1CC. The van der Waals surface area contributed by atoms with Gasteiger partial charge in [0.2, 0.25) is 0 Å². The maximum atomic E-state index is 9.65. The molecule has 0 radical (unpaired) electrons. The molecule has 0 atom stereocenters. The average Bonchev–Trinajstić information content (AvgIpc) is 2.55. The van der Waals surface area contributed by atoms with Crippen molar-refractivity contribution in [3.63, 3.8) is 0 Å². The van der Waals surface area contributed by atoms with Crippen LogP contribution in [-0.4, -0.2) is 22.8 Å². The van der Waals surface area contributed by atoms with Crippen LogP contribution in [0.25, 0.3) is 0 Å². The van der Waals surface area contributed by atoms with Crippen LogP contribution in [-0.2, 0) is 12.8 Å². The molecule has 0 unspecified atom stereocenters. The number of hydrogen-bond donors (Lipinski definition) is 0. The van der Waals surface area contributed by atoms with Gasteiger partial charge < -0.3 is 4.90 Å². The first kappa shape index (κ1) is 15.8. The van der Waals surface area contributed by atoms with Crippen molar-refractivity contribution in [1.29, 1.82) is 5.26 Å². The lowest BCUT2D eigenvalue weighted by molar-refractivity contribution is 0.415. The summed E-state index contributed by atoms with van der Waals surface area (Å²) < 4.78 is 0. The summed E-state index contributed by atoms with van der Waals surface area (Å²) in [6.07, 6.45) is 7.99. The first-order valence-corrected chi connectivity index (χ1v) is 8.31. The number of nitrogens with zero attached hydrogens (tertiary/aromatic N) is 4. The molecule has 4 heteroatoms. The summed E-state index contributed by atoms with van der Waals surface area (Å²) in [6, 6.07) is 2.92. The van der Waals surface area contributed by atoms with Gasteiger partial charge in [0.25, 0.3) is 0 Å². The van der Waals surface area contributed by atoms with Crippen molar-refractivity contribution in [2.45, 2.75) is 71.8 Å². The fourth-order valence-electron chi connectivity index (χ4n) is 3.45. The van der Waals surface area contributed by atoms with Crippen LogP contribution in [0.4, 0.5) is 5.82 Å². The van der Waals surface area contributed by atoms with E-state index in [1.165, 1.54) is 32.1 Å². The predicted octanol–water partition coefficient (Wildman–Crippen LogP) is 3.63. The van der Waals surface area contributed by atoms with Crippen LogP contribution >= 0.6 is 0 Å². The lowest BCUT2D eigenvalue weighted by Gasteiger charge is -2.35. The molecule has 1 saturated carbocycles. The summed E-state index contributed by atoms with van der Waals surface area (Å²) >= 11 is 0. The number of hydrogen-bond acceptors (Lipinski definition) is 4. The Bertz CT molecular complexity index is 512. The molecule has 1 aliphatic rings. The van der Waals surface area contributed by atoms with E-state index in [0.29, 0.717) is 6.04 Å². The molecule has 1 fully saturated rings. The molecule has 0 N–H and O–H groups in total. The van der Waals surface area contributed by atoms with Crippen molar-refractivity contribution in [2.24, 2.45) is 0 Å². The summed E-state index contributed by atoms with van der Waals surface area (Å²) in [5, 5.41) is 18.5. The highest BCUT2D eigenvalue weighted by molar-refractivity contribution is 5.58. The summed E-state index contributed by atoms with van der Waals surface area (Å²) in [4.78, 5) is 2.31. The summed E-state index contributed by atoms with van der Waals surface area (Å²) in [5.41, 5.74) is 2.80. The molecule has 1 aromatic rings. The van der Waals surface area contributed by atoms with Crippen LogP contribution in [0.2, 0.25) is 0 Å². The zero-order valence-corrected chi connectivity index (χ0v) is 13.5. The molecule has 0 bridgehead atoms. The third-order valence-corrected chi connectivity index (χ3v) is 4.57. The number of anilines is 1. The van der Waals surface area contributed by atoms with Gasteiger partial charge in [-0.15, -0.1) is 5.10 Å². The zero-order valence-electron chi connectivity index (χ0n) is 13.5. The maximum absolute atomic E-state index is 9.65. The third kappa shape index (κ3) is 3.18. The second-order valence-corrected chi connectivity index (χ2v) is 5.72. The van der Waals surface area contributed by atoms with Gasteiger partial charge in [-0.1, -0.05) is 33.1 Å². The molecule has 114 valence electrons. The molecule has 1 heterocycles. The van der Waals surface area contributed by atoms with E-state index in [4.69, 9.17) is 0 Å². The highest BCUT2D eigenvalue weighted by Gasteiger charge is 2.25. The van der Waals surface area contributed by atoms with E-state index >= 15 is 0 Å². The minimum absolute atomic E-state index is 0.516. The van der Waals surface area contributed by atoms with E-state index in [2.05, 4.69) is 41.9 Å². The highest BCUT2D eigenvalue weighted by atomic mass is 15.3. The van der Waals surface area contributed by atoms with Gasteiger partial charge in [-0.05, 0) is 38.2 Å². The van der Waals surface area contributed by atoms with Gasteiger partial charge in [-0.3, -0.25) is 0 Å². The highest BCUT2D eigenvalue weighted by Crippen LogP contribution is 2.29. The van der Waals surface area contributed by atoms with Crippen molar-refractivity contribution >= 4 is 5.82 Å². The Morgan fingerprint density at radius 2 is 1.81 bits per heavy atom. The maximum Gasteiger partial charge on any atom is 0.169 e. The van der Waals surface area contributed by atoms with Gasteiger partial charge in [-0.2, -0.15) is 10.4 Å². The molecule has 0 aromatic carbocycles. The molecular weight excluding hydrogens is 260 g/mol. The third-order valence-electron chi connectivity index (χ3n) is 4.57. The van der Waals surface area contributed by atoms with Gasteiger partial charge in [0.15, 0.2) is 5.82 Å². The van der Waals surface area contributed by atoms with E-state index in [9.17, 15) is 5.26 Å². The minimum Gasteiger partial charge on any atom is -0.351 e. The number of aromatic nitrogens is 2. The largest absolute Gasteiger partial charge is 0.351 e. The lowest BCUT2D eigenvalue weighted by atomic mass is 9.93. The number of rotatable bonds is 5. The fourth-order valence-corrected chi connectivity index (χ4v) is 3.45. The number of nitriles is 1. The van der Waals surface area contributed by atoms with Gasteiger partial charge in [0, 0.05) is 12.6 Å². The first-order valence-electron chi connectivity index (χ1n) is 8.31. The van der Waals surface area contributed by atoms with E-state index in [1.54, 1.807) is 0 Å². The average molecular weight is 286 g/mol. The second-order valence-electron chi connectivity index (χ2n) is 5.72. The van der Waals surface area contributed by atoms with Crippen molar-refractivity contribution in [3.8, 4) is 6.07 Å². The van der Waals surface area contributed by atoms with Crippen molar-refractivity contribution < 1.29 is 0 Å². The molecule has 1 aromatic heterocycles. The molecule has 0 amide bonds. The molecule has 2 rings (SSSR count). The van der Waals surface area contributed by atoms with Crippen molar-refractivity contribution in [3.05, 3.63) is 16.8 Å². The van der Waals surface area contributed by atoms with Crippen LogP contribution in [0.5, 0.6) is 0 Å². The summed E-state index contributed by atoms with van der Waals surface area (Å²) in [7, 11) is 0. The smallest absolute Gasteiger partial charge is 0.169 e. The van der Waals surface area contributed by atoms with Crippen LogP contribution < -0.4 is 4.90 Å². The number of aryl methyl sites for hydroxylation is 1. The van der Waals surface area contributed by atoms with E-state index < -0.39 is 0 Å². The molecule has 21 heavy (non-hydrogen) atoms. The Hall–Kier alpha value is -1.63. The minimum atomic E-state index is 0.516. The molecule has 0 saturated heterocycles. The van der Waals surface area contributed by atoms with Gasteiger partial charge >= 0.3 is 0 Å². The van der Waals surface area contributed by atoms with E-state index in [0.717, 1.165) is 42.0 Å². The van der Waals surface area contributed by atoms with Crippen LogP contribution in [0.1, 0.15) is 69.7 Å². The van der Waals surface area contributed by atoms with Gasteiger partial charge in [0.05, 0.1) is 5.69 Å². The van der Waals surface area contributed by atoms with E-state index in [-0.39, 0.29) is 0 Å². The second kappa shape index (κ2) is 7.40.